The highest BCUT2D eigenvalue weighted by Gasteiger charge is 2.23. The number of nitrogens with zero attached hydrogens (tertiary/aromatic N) is 3. The van der Waals surface area contributed by atoms with Gasteiger partial charge in [0.05, 0.1) is 17.6 Å². The van der Waals surface area contributed by atoms with Crippen molar-refractivity contribution in [2.24, 2.45) is 0 Å². The molecule has 28 heavy (non-hydrogen) atoms. The average Bonchev–Trinajstić information content (AvgIpc) is 3.11. The van der Waals surface area contributed by atoms with E-state index in [4.69, 9.17) is 0 Å². The summed E-state index contributed by atoms with van der Waals surface area (Å²) in [5.41, 5.74) is 5.77. The Morgan fingerprint density at radius 3 is 2.39 bits per heavy atom. The highest BCUT2D eigenvalue weighted by molar-refractivity contribution is 5.97. The SMILES string of the molecule is CC(C)c1cc(C(=O)NNC(=O)CNC(=O)c2cccnc2)nn1C(C)(C)C. The van der Waals surface area contributed by atoms with Gasteiger partial charge in [0.1, 0.15) is 0 Å². The lowest BCUT2D eigenvalue weighted by Gasteiger charge is -2.23. The topological polar surface area (TPSA) is 118 Å². The van der Waals surface area contributed by atoms with Gasteiger partial charge in [0.25, 0.3) is 17.7 Å². The molecule has 0 aliphatic rings. The number of hydrazine groups is 1. The van der Waals surface area contributed by atoms with Crippen molar-refractivity contribution < 1.29 is 14.4 Å². The minimum Gasteiger partial charge on any atom is -0.343 e. The van der Waals surface area contributed by atoms with E-state index in [-0.39, 0.29) is 23.7 Å². The molecule has 0 bridgehead atoms. The van der Waals surface area contributed by atoms with Crippen LogP contribution >= 0.6 is 0 Å². The van der Waals surface area contributed by atoms with Gasteiger partial charge in [-0.1, -0.05) is 13.8 Å². The lowest BCUT2D eigenvalue weighted by atomic mass is 10.1. The maximum Gasteiger partial charge on any atom is 0.290 e. The number of hydrogen-bond acceptors (Lipinski definition) is 5. The zero-order valence-electron chi connectivity index (χ0n) is 16.7. The summed E-state index contributed by atoms with van der Waals surface area (Å²) in [7, 11) is 0. The van der Waals surface area contributed by atoms with Gasteiger partial charge < -0.3 is 5.32 Å². The second-order valence-corrected chi connectivity index (χ2v) is 7.62. The largest absolute Gasteiger partial charge is 0.343 e. The molecule has 0 aliphatic carbocycles. The molecule has 0 atom stereocenters. The first-order valence-electron chi connectivity index (χ1n) is 8.97. The van der Waals surface area contributed by atoms with E-state index in [1.54, 1.807) is 24.4 Å². The van der Waals surface area contributed by atoms with Gasteiger partial charge in [-0.05, 0) is 44.9 Å². The van der Waals surface area contributed by atoms with E-state index in [2.05, 4.69) is 26.3 Å². The van der Waals surface area contributed by atoms with Gasteiger partial charge in [-0.25, -0.2) is 0 Å². The fraction of sp³-hybridized carbons (Fsp3) is 0.421. The van der Waals surface area contributed by atoms with Gasteiger partial charge in [0, 0.05) is 18.1 Å². The van der Waals surface area contributed by atoms with Crippen molar-refractivity contribution in [3.63, 3.8) is 0 Å². The van der Waals surface area contributed by atoms with Crippen molar-refractivity contribution in [3.05, 3.63) is 47.5 Å². The molecule has 3 amide bonds. The zero-order chi connectivity index (χ0) is 20.9. The molecule has 0 saturated heterocycles. The predicted octanol–water partition coefficient (Wildman–Crippen LogP) is 1.35. The Bertz CT molecular complexity index is 852. The van der Waals surface area contributed by atoms with E-state index in [1.165, 1.54) is 6.20 Å². The smallest absolute Gasteiger partial charge is 0.290 e. The molecule has 2 aromatic heterocycles. The lowest BCUT2D eigenvalue weighted by Crippen LogP contribution is -2.46. The minimum atomic E-state index is -0.565. The van der Waals surface area contributed by atoms with Crippen LogP contribution in [0.4, 0.5) is 0 Å². The molecule has 2 aromatic rings. The normalized spacial score (nSPS) is 11.2. The van der Waals surface area contributed by atoms with E-state index in [0.29, 0.717) is 5.56 Å². The van der Waals surface area contributed by atoms with Gasteiger partial charge in [-0.15, -0.1) is 0 Å². The Hall–Kier alpha value is -3.23. The zero-order valence-corrected chi connectivity index (χ0v) is 16.7. The monoisotopic (exact) mass is 386 g/mol. The second kappa shape index (κ2) is 8.64. The standard InChI is InChI=1S/C19H26N6O3/c1-12(2)15-9-14(24-25(15)19(3,4)5)18(28)23-22-16(26)11-21-17(27)13-7-6-8-20-10-13/h6-10,12H,11H2,1-5H3,(H,21,27)(H,22,26)(H,23,28). The summed E-state index contributed by atoms with van der Waals surface area (Å²) in [4.78, 5) is 39.9. The summed E-state index contributed by atoms with van der Waals surface area (Å²) < 4.78 is 1.81. The fourth-order valence-electron chi connectivity index (χ4n) is 2.45. The molecule has 0 spiro atoms. The highest BCUT2D eigenvalue weighted by atomic mass is 16.2. The van der Waals surface area contributed by atoms with Crippen molar-refractivity contribution >= 4 is 17.7 Å². The summed E-state index contributed by atoms with van der Waals surface area (Å²) in [6.07, 6.45) is 2.94. The van der Waals surface area contributed by atoms with Gasteiger partial charge in [0.15, 0.2) is 5.69 Å². The van der Waals surface area contributed by atoms with Crippen molar-refractivity contribution in [1.82, 2.24) is 30.9 Å². The van der Waals surface area contributed by atoms with Crippen LogP contribution in [0, 0.1) is 0 Å². The third-order valence-electron chi connectivity index (χ3n) is 3.85. The number of aromatic nitrogens is 3. The number of hydrogen-bond donors (Lipinski definition) is 3. The Morgan fingerprint density at radius 1 is 1.14 bits per heavy atom. The number of nitrogens with one attached hydrogen (secondary N) is 3. The number of carbonyl (C=O) groups excluding carboxylic acids is 3. The van der Waals surface area contributed by atoms with Gasteiger partial charge in [-0.2, -0.15) is 5.10 Å². The molecule has 0 radical (unpaired) electrons. The van der Waals surface area contributed by atoms with Crippen molar-refractivity contribution in [1.29, 1.82) is 0 Å². The third kappa shape index (κ3) is 5.38. The van der Waals surface area contributed by atoms with E-state index in [0.717, 1.165) is 5.69 Å². The number of pyridine rings is 1. The van der Waals surface area contributed by atoms with Crippen molar-refractivity contribution in [2.45, 2.75) is 46.1 Å². The summed E-state index contributed by atoms with van der Waals surface area (Å²) in [5.74, 6) is -1.34. The Kier molecular flexibility index (Phi) is 6.50. The molecule has 0 unspecified atom stereocenters. The van der Waals surface area contributed by atoms with Crippen molar-refractivity contribution in [3.8, 4) is 0 Å². The minimum absolute atomic E-state index is 0.186. The predicted molar refractivity (Wildman–Crippen MR) is 103 cm³/mol. The maximum atomic E-state index is 12.3. The summed E-state index contributed by atoms with van der Waals surface area (Å²) in [5, 5.41) is 6.82. The summed E-state index contributed by atoms with van der Waals surface area (Å²) >= 11 is 0. The second-order valence-electron chi connectivity index (χ2n) is 7.62. The first kappa shape index (κ1) is 21.1. The first-order valence-corrected chi connectivity index (χ1v) is 8.97. The molecule has 150 valence electrons. The van der Waals surface area contributed by atoms with Crippen LogP contribution < -0.4 is 16.2 Å². The van der Waals surface area contributed by atoms with Crippen LogP contribution in [0.2, 0.25) is 0 Å². The quantitative estimate of drug-likeness (QED) is 0.671. The highest BCUT2D eigenvalue weighted by Crippen LogP contribution is 2.23. The summed E-state index contributed by atoms with van der Waals surface area (Å²) in [6.45, 7) is 9.75. The van der Waals surface area contributed by atoms with E-state index in [9.17, 15) is 14.4 Å². The Labute approximate surface area is 163 Å². The number of rotatable bonds is 5. The Balaban J connectivity index is 1.91. The molecule has 3 N–H and O–H groups in total. The molecule has 2 rings (SSSR count). The van der Waals surface area contributed by atoms with E-state index in [1.807, 2.05) is 39.3 Å². The number of carbonyl (C=O) groups is 3. The molecule has 9 heteroatoms. The molecule has 2 heterocycles. The molecule has 0 aliphatic heterocycles. The Morgan fingerprint density at radius 2 is 1.86 bits per heavy atom. The van der Waals surface area contributed by atoms with Gasteiger partial charge >= 0.3 is 0 Å². The van der Waals surface area contributed by atoms with Crippen LogP contribution in [-0.2, 0) is 10.3 Å². The van der Waals surface area contributed by atoms with Crippen LogP contribution in [0.1, 0.15) is 67.1 Å². The fourth-order valence-corrected chi connectivity index (χ4v) is 2.45. The molecular weight excluding hydrogens is 360 g/mol. The molecule has 0 fully saturated rings. The molecule has 0 saturated carbocycles. The summed E-state index contributed by atoms with van der Waals surface area (Å²) in [6, 6.07) is 4.92. The van der Waals surface area contributed by atoms with E-state index < -0.39 is 17.7 Å². The first-order chi connectivity index (χ1) is 13.1. The molecular formula is C19H26N6O3. The third-order valence-corrected chi connectivity index (χ3v) is 3.85. The molecule has 0 aromatic carbocycles. The molecule has 9 nitrogen and oxygen atoms in total. The lowest BCUT2D eigenvalue weighted by molar-refractivity contribution is -0.120. The maximum absolute atomic E-state index is 12.3. The average molecular weight is 386 g/mol. The van der Waals surface area contributed by atoms with Crippen LogP contribution in [-0.4, -0.2) is 39.0 Å². The van der Waals surface area contributed by atoms with Crippen LogP contribution in [0.15, 0.2) is 30.6 Å². The van der Waals surface area contributed by atoms with Crippen LogP contribution in [0.3, 0.4) is 0 Å². The number of amides is 3. The van der Waals surface area contributed by atoms with E-state index >= 15 is 0 Å². The van der Waals surface area contributed by atoms with Crippen LogP contribution in [0.25, 0.3) is 0 Å². The van der Waals surface area contributed by atoms with Gasteiger partial charge in [0.2, 0.25) is 0 Å². The van der Waals surface area contributed by atoms with Crippen LogP contribution in [0.5, 0.6) is 0 Å². The van der Waals surface area contributed by atoms with Crippen molar-refractivity contribution in [2.75, 3.05) is 6.54 Å². The van der Waals surface area contributed by atoms with Gasteiger partial charge in [-0.3, -0.25) is 34.9 Å².